The third kappa shape index (κ3) is 4.32. The molecule has 0 bridgehead atoms. The second kappa shape index (κ2) is 7.41. The molecule has 1 aliphatic carbocycles. The fraction of sp³-hybridized carbons (Fsp3) is 0.562. The third-order valence-corrected chi connectivity index (χ3v) is 3.85. The Bertz CT molecular complexity index is 417. The number of hydrogen-bond donors (Lipinski definition) is 2. The van der Waals surface area contributed by atoms with E-state index in [9.17, 15) is 4.79 Å². The van der Waals surface area contributed by atoms with Gasteiger partial charge in [0.15, 0.2) is 0 Å². The van der Waals surface area contributed by atoms with Crippen molar-refractivity contribution >= 4 is 5.91 Å². The molecule has 1 unspecified atom stereocenters. The molecule has 0 radical (unpaired) electrons. The Morgan fingerprint density at radius 1 is 1.40 bits per heavy atom. The van der Waals surface area contributed by atoms with Crippen LogP contribution in [0.15, 0.2) is 30.3 Å². The van der Waals surface area contributed by atoms with E-state index in [4.69, 9.17) is 5.84 Å². The number of carbonyl (C=O) groups excluding carboxylic acids is 1. The van der Waals surface area contributed by atoms with Crippen LogP contribution in [0.4, 0.5) is 0 Å². The minimum atomic E-state index is -0.188. The number of rotatable bonds is 8. The van der Waals surface area contributed by atoms with E-state index in [0.29, 0.717) is 0 Å². The summed E-state index contributed by atoms with van der Waals surface area (Å²) in [5.41, 5.74) is 3.35. The number of hydrogen-bond acceptors (Lipinski definition) is 3. The smallest absolute Gasteiger partial charge is 0.242 e. The van der Waals surface area contributed by atoms with Gasteiger partial charge in [0.25, 0.3) is 0 Å². The van der Waals surface area contributed by atoms with Gasteiger partial charge in [-0.2, -0.15) is 0 Å². The van der Waals surface area contributed by atoms with E-state index >= 15 is 0 Å². The summed E-state index contributed by atoms with van der Waals surface area (Å²) in [5, 5.41) is 0. The van der Waals surface area contributed by atoms with E-state index in [-0.39, 0.29) is 11.8 Å². The lowest BCUT2D eigenvalue weighted by atomic mass is 9.97. The Balaban J connectivity index is 2.06. The first-order chi connectivity index (χ1) is 9.74. The van der Waals surface area contributed by atoms with Crippen molar-refractivity contribution < 1.29 is 4.79 Å². The normalized spacial score (nSPS) is 16.1. The van der Waals surface area contributed by atoms with Gasteiger partial charge < -0.3 is 4.90 Å². The fourth-order valence-electron chi connectivity index (χ4n) is 2.62. The summed E-state index contributed by atoms with van der Waals surface area (Å²) in [4.78, 5) is 14.5. The van der Waals surface area contributed by atoms with Crippen molar-refractivity contribution in [2.24, 2.45) is 11.8 Å². The minimum absolute atomic E-state index is 0.104. The number of amides is 1. The molecular formula is C16H25N3O. The monoisotopic (exact) mass is 275 g/mol. The average Bonchev–Trinajstić information content (AvgIpc) is 3.29. The highest BCUT2D eigenvalue weighted by molar-refractivity contribution is 5.83. The molecule has 1 aliphatic rings. The third-order valence-electron chi connectivity index (χ3n) is 3.85. The van der Waals surface area contributed by atoms with Crippen molar-refractivity contribution in [3.05, 3.63) is 35.9 Å². The van der Waals surface area contributed by atoms with E-state index in [1.54, 1.807) is 0 Å². The Kier molecular flexibility index (Phi) is 5.56. The first-order valence-corrected chi connectivity index (χ1v) is 7.52. The second-order valence-corrected chi connectivity index (χ2v) is 5.67. The van der Waals surface area contributed by atoms with E-state index < -0.39 is 0 Å². The molecule has 3 N–H and O–H groups in total. The summed E-state index contributed by atoms with van der Waals surface area (Å²) in [7, 11) is 0. The molecule has 1 fully saturated rings. The van der Waals surface area contributed by atoms with Crippen LogP contribution in [0.3, 0.4) is 0 Å². The highest BCUT2D eigenvalue weighted by Crippen LogP contribution is 2.30. The van der Waals surface area contributed by atoms with Gasteiger partial charge in [0.2, 0.25) is 5.91 Å². The number of carbonyl (C=O) groups is 1. The molecule has 1 saturated carbocycles. The predicted octanol–water partition coefficient (Wildman–Crippen LogP) is 1.88. The maximum Gasteiger partial charge on any atom is 0.242 e. The van der Waals surface area contributed by atoms with Gasteiger partial charge in [-0.15, -0.1) is 0 Å². The quantitative estimate of drug-likeness (QED) is 0.433. The van der Waals surface area contributed by atoms with E-state index in [2.05, 4.69) is 17.2 Å². The first-order valence-electron chi connectivity index (χ1n) is 7.52. The molecule has 4 heteroatoms. The summed E-state index contributed by atoms with van der Waals surface area (Å²) in [6.07, 6.45) is 3.77. The molecule has 2 rings (SSSR count). The van der Waals surface area contributed by atoms with Crippen LogP contribution < -0.4 is 11.3 Å². The zero-order chi connectivity index (χ0) is 14.4. The average molecular weight is 275 g/mol. The maximum atomic E-state index is 12.1. The van der Waals surface area contributed by atoms with Crippen LogP contribution in [0.5, 0.6) is 0 Å². The molecular weight excluding hydrogens is 250 g/mol. The summed E-state index contributed by atoms with van der Waals surface area (Å²) >= 11 is 0. The van der Waals surface area contributed by atoms with Gasteiger partial charge in [0.1, 0.15) is 0 Å². The maximum absolute atomic E-state index is 12.1. The highest BCUT2D eigenvalue weighted by Gasteiger charge is 2.27. The van der Waals surface area contributed by atoms with Crippen molar-refractivity contribution in [2.45, 2.75) is 32.1 Å². The highest BCUT2D eigenvalue weighted by atomic mass is 16.2. The fourth-order valence-corrected chi connectivity index (χ4v) is 2.62. The molecule has 0 aliphatic heterocycles. The Morgan fingerprint density at radius 3 is 2.65 bits per heavy atom. The predicted molar refractivity (Wildman–Crippen MR) is 81.0 cm³/mol. The second-order valence-electron chi connectivity index (χ2n) is 5.67. The number of hydrazine groups is 1. The van der Waals surface area contributed by atoms with Crippen molar-refractivity contribution in [3.8, 4) is 0 Å². The number of nitrogens with one attached hydrogen (secondary N) is 1. The lowest BCUT2D eigenvalue weighted by Gasteiger charge is -2.26. The number of benzene rings is 1. The number of nitrogens with zero attached hydrogens (tertiary/aromatic N) is 1. The Hall–Kier alpha value is -1.39. The largest absolute Gasteiger partial charge is 0.302 e. The standard InChI is InChI=1S/C16H25N3O/c1-2-10-19(11-13-8-9-13)12-15(16(20)18-17)14-6-4-3-5-7-14/h3-7,13,15H,2,8-12,17H2,1H3,(H,18,20). The van der Waals surface area contributed by atoms with Crippen molar-refractivity contribution in [3.63, 3.8) is 0 Å². The summed E-state index contributed by atoms with van der Waals surface area (Å²) in [6, 6.07) is 9.91. The van der Waals surface area contributed by atoms with Crippen LogP contribution in [0.25, 0.3) is 0 Å². The molecule has 0 heterocycles. The molecule has 0 spiro atoms. The molecule has 1 aromatic rings. The molecule has 110 valence electrons. The van der Waals surface area contributed by atoms with E-state index in [1.807, 2.05) is 30.3 Å². The SMILES string of the molecule is CCCN(CC1CC1)CC(C(=O)NN)c1ccccc1. The molecule has 1 aromatic carbocycles. The summed E-state index contributed by atoms with van der Waals surface area (Å²) < 4.78 is 0. The Morgan fingerprint density at radius 2 is 2.10 bits per heavy atom. The van der Waals surface area contributed by atoms with Gasteiger partial charge in [-0.1, -0.05) is 37.3 Å². The van der Waals surface area contributed by atoms with Crippen molar-refractivity contribution in [1.29, 1.82) is 0 Å². The van der Waals surface area contributed by atoms with Gasteiger partial charge in [0, 0.05) is 13.1 Å². The van der Waals surface area contributed by atoms with E-state index in [0.717, 1.165) is 37.5 Å². The first kappa shape index (κ1) is 15.0. The molecule has 0 saturated heterocycles. The molecule has 20 heavy (non-hydrogen) atoms. The van der Waals surface area contributed by atoms with Gasteiger partial charge in [-0.3, -0.25) is 10.2 Å². The summed E-state index contributed by atoms with van der Waals surface area (Å²) in [6.45, 7) is 5.07. The molecule has 1 amide bonds. The van der Waals surface area contributed by atoms with E-state index in [1.165, 1.54) is 12.8 Å². The van der Waals surface area contributed by atoms with Crippen LogP contribution >= 0.6 is 0 Å². The summed E-state index contributed by atoms with van der Waals surface area (Å²) in [5.74, 6) is 5.90. The van der Waals surface area contributed by atoms with Crippen LogP contribution in [-0.2, 0) is 4.79 Å². The lowest BCUT2D eigenvalue weighted by Crippen LogP contribution is -2.41. The lowest BCUT2D eigenvalue weighted by molar-refractivity contribution is -0.123. The molecule has 0 aromatic heterocycles. The van der Waals surface area contributed by atoms with Crippen LogP contribution in [0.1, 0.15) is 37.7 Å². The van der Waals surface area contributed by atoms with Crippen molar-refractivity contribution in [1.82, 2.24) is 10.3 Å². The molecule has 1 atom stereocenters. The number of nitrogens with two attached hydrogens (primary N) is 1. The minimum Gasteiger partial charge on any atom is -0.302 e. The van der Waals surface area contributed by atoms with Crippen LogP contribution in [0, 0.1) is 5.92 Å². The van der Waals surface area contributed by atoms with Crippen LogP contribution in [-0.4, -0.2) is 30.4 Å². The topological polar surface area (TPSA) is 58.4 Å². The molecule has 4 nitrogen and oxygen atoms in total. The Labute approximate surface area is 121 Å². The zero-order valence-electron chi connectivity index (χ0n) is 12.2. The van der Waals surface area contributed by atoms with Crippen LogP contribution in [0.2, 0.25) is 0 Å². The van der Waals surface area contributed by atoms with Gasteiger partial charge in [0.05, 0.1) is 5.92 Å². The zero-order valence-corrected chi connectivity index (χ0v) is 12.2. The van der Waals surface area contributed by atoms with Crippen molar-refractivity contribution in [2.75, 3.05) is 19.6 Å². The van der Waals surface area contributed by atoms with Gasteiger partial charge in [-0.05, 0) is 37.3 Å². The van der Waals surface area contributed by atoms with Gasteiger partial charge >= 0.3 is 0 Å². The van der Waals surface area contributed by atoms with Gasteiger partial charge in [-0.25, -0.2) is 5.84 Å².